The van der Waals surface area contributed by atoms with Crippen LogP contribution >= 0.6 is 11.8 Å². The molecule has 0 saturated carbocycles. The van der Waals surface area contributed by atoms with Crippen LogP contribution in [0.25, 0.3) is 23.1 Å². The van der Waals surface area contributed by atoms with Gasteiger partial charge in [0.2, 0.25) is 53.2 Å². The van der Waals surface area contributed by atoms with E-state index in [-0.39, 0.29) is 89.5 Å². The van der Waals surface area contributed by atoms with Crippen molar-refractivity contribution < 1.29 is 63.3 Å². The van der Waals surface area contributed by atoms with Gasteiger partial charge >= 0.3 is 0 Å². The number of nitrogens with one attached hydrogen (secondary N) is 11. The van der Waals surface area contributed by atoms with Crippen LogP contribution < -0.4 is 81.4 Å². The number of fused-ring (bicyclic) bond motifs is 1. The molecule has 2 unspecified atom stereocenters. The summed E-state index contributed by atoms with van der Waals surface area (Å²) in [6, 6.07) is 13.6. The fraction of sp³-hybridized carbons (Fsp3) is 0.471. The number of carbonyl (C=O) groups excluding carboxylic acids is 10. The summed E-state index contributed by atoms with van der Waals surface area (Å²) in [6.45, 7) is 4.99. The number of aryl methyl sites for hydroxylation is 1. The number of nitrogens with zero attached hydrogens (tertiary/aromatic N) is 3. The van der Waals surface area contributed by atoms with Crippen molar-refractivity contribution in [3.63, 3.8) is 0 Å². The Kier molecular flexibility index (Phi) is 32.0. The molecule has 3 aromatic carbocycles. The van der Waals surface area contributed by atoms with Crippen LogP contribution in [0.5, 0.6) is 0 Å². The maximum Gasteiger partial charge on any atom is 0.252 e. The third kappa shape index (κ3) is 24.0. The summed E-state index contributed by atoms with van der Waals surface area (Å²) in [5, 5.41) is 68.2. The summed E-state index contributed by atoms with van der Waals surface area (Å²) < 4.78 is 1.64. The standard InChI is InChI=1S/C68H96N18O13S/c1-38(2)35-52-65(96)78-47(22-28-69)60(91)77-50(25-31-72)64(95)84-57(39(3)87)67(98)75-33-26-51(63(94)76-48(23-29-70)62(93)82-53(66(97)81-52)36-41-13-7-6-8-14-41)79-61(92)49(24-30-71)80-68(99)58(40(4)88)83-56(89)27-34-86-54-37-43(100-55-17-10-9-16-45(55)59(90)73-5)19-20-44(54)46(85-86)21-18-42-15-11-12-32-74-42/h6-21,32,37-40,47-53,57-58,68,80,87-88,99H,22-31,33-36,69-72H2,1-5H3,(H,73,90)(H,75,98)(H,76,94)(H,77,91)(H,78,96)(H,79,92)(H,81,97)(H,82,93)(H,83,89)(H,84,95)/b21-18+/t39-,40+,47+,48+,49-,50+,51-,52+,53+,57+,58?,68?/m1/s1. The summed E-state index contributed by atoms with van der Waals surface area (Å²) in [5.41, 5.74) is 26.8. The summed E-state index contributed by atoms with van der Waals surface area (Å²) in [4.78, 5) is 147. The van der Waals surface area contributed by atoms with Gasteiger partial charge in [0, 0.05) is 47.8 Å². The zero-order valence-electron chi connectivity index (χ0n) is 56.8. The van der Waals surface area contributed by atoms with E-state index in [0.717, 1.165) is 10.3 Å². The lowest BCUT2D eigenvalue weighted by atomic mass is 10.00. The van der Waals surface area contributed by atoms with E-state index in [1.165, 1.54) is 25.6 Å². The third-order valence-corrected chi connectivity index (χ3v) is 17.3. The Morgan fingerprint density at radius 2 is 1.27 bits per heavy atom. The molecule has 2 aromatic heterocycles. The Morgan fingerprint density at radius 1 is 0.680 bits per heavy atom. The van der Waals surface area contributed by atoms with Gasteiger partial charge in [0.15, 0.2) is 0 Å². The highest BCUT2D eigenvalue weighted by atomic mass is 32.2. The number of pyridine rings is 1. The van der Waals surface area contributed by atoms with Gasteiger partial charge in [0.05, 0.1) is 53.3 Å². The molecule has 1 aliphatic heterocycles. The van der Waals surface area contributed by atoms with E-state index in [9.17, 15) is 63.3 Å². The number of hydrogen-bond donors (Lipinski definition) is 18. The molecule has 1 saturated heterocycles. The van der Waals surface area contributed by atoms with Gasteiger partial charge in [-0.3, -0.25) is 62.9 Å². The average Bonchev–Trinajstić information content (AvgIpc) is 1.62. The van der Waals surface area contributed by atoms with Crippen LogP contribution in [0.4, 0.5) is 0 Å². The Balaban J connectivity index is 1.27. The fourth-order valence-corrected chi connectivity index (χ4v) is 11.9. The normalized spacial score (nSPS) is 21.1. The Labute approximate surface area is 584 Å². The van der Waals surface area contributed by atoms with E-state index in [2.05, 4.69) is 63.5 Å². The summed E-state index contributed by atoms with van der Waals surface area (Å²) in [6.07, 6.45) is -1.15. The fourth-order valence-electron chi connectivity index (χ4n) is 11.0. The molecule has 542 valence electrons. The third-order valence-electron chi connectivity index (χ3n) is 16.3. The highest BCUT2D eigenvalue weighted by molar-refractivity contribution is 7.99. The molecule has 100 heavy (non-hydrogen) atoms. The zero-order chi connectivity index (χ0) is 73.0. The quantitative estimate of drug-likeness (QED) is 0.0233. The maximum atomic E-state index is 14.7. The van der Waals surface area contributed by atoms with Crippen LogP contribution in [0.15, 0.2) is 107 Å². The van der Waals surface area contributed by atoms with Crippen LogP contribution in [-0.2, 0) is 56.1 Å². The minimum atomic E-state index is -1.87. The van der Waals surface area contributed by atoms with Crippen molar-refractivity contribution >= 4 is 93.9 Å². The second kappa shape index (κ2) is 40.1. The molecule has 12 atom stereocenters. The molecule has 0 bridgehead atoms. The van der Waals surface area contributed by atoms with E-state index < -0.39 is 139 Å². The Hall–Kier alpha value is -9.25. The first-order valence-electron chi connectivity index (χ1n) is 33.3. The van der Waals surface area contributed by atoms with Gasteiger partial charge in [-0.15, -0.1) is 0 Å². The molecule has 32 heteroatoms. The number of carbonyl (C=O) groups is 10. The van der Waals surface area contributed by atoms with Gasteiger partial charge in [-0.2, -0.15) is 5.10 Å². The molecular formula is C68H96N18O13S. The predicted molar refractivity (Wildman–Crippen MR) is 375 cm³/mol. The molecule has 0 aliphatic carbocycles. The number of hydrogen-bond acceptors (Lipinski definition) is 21. The van der Waals surface area contributed by atoms with Gasteiger partial charge in [-0.1, -0.05) is 74.1 Å². The second-order valence-corrected chi connectivity index (χ2v) is 25.7. The number of benzene rings is 3. The van der Waals surface area contributed by atoms with Crippen LogP contribution in [0.3, 0.4) is 0 Å². The molecule has 10 amide bonds. The monoisotopic (exact) mass is 1400 g/mol. The number of aliphatic hydroxyl groups excluding tert-OH is 3. The molecule has 1 fully saturated rings. The van der Waals surface area contributed by atoms with Gasteiger partial charge in [0.25, 0.3) is 5.91 Å². The molecular weight excluding hydrogens is 1310 g/mol. The van der Waals surface area contributed by atoms with Crippen molar-refractivity contribution in [3.8, 4) is 0 Å². The topological polar surface area (TPSA) is 499 Å². The maximum absolute atomic E-state index is 14.7. The van der Waals surface area contributed by atoms with Crippen molar-refractivity contribution in [2.24, 2.45) is 28.9 Å². The van der Waals surface area contributed by atoms with Crippen molar-refractivity contribution in [2.75, 3.05) is 39.8 Å². The van der Waals surface area contributed by atoms with Crippen LogP contribution in [-0.4, -0.2) is 202 Å². The first-order chi connectivity index (χ1) is 47.9. The van der Waals surface area contributed by atoms with Crippen LogP contribution in [0.2, 0.25) is 0 Å². The molecule has 5 aromatic rings. The highest BCUT2D eigenvalue weighted by Crippen LogP contribution is 2.34. The molecule has 1 aliphatic rings. The second-order valence-electron chi connectivity index (χ2n) is 24.6. The number of rotatable bonds is 28. The van der Waals surface area contributed by atoms with E-state index in [1.54, 1.807) is 92.5 Å². The predicted octanol–water partition coefficient (Wildman–Crippen LogP) is -2.38. The minimum absolute atomic E-state index is 0.00322. The van der Waals surface area contributed by atoms with Gasteiger partial charge in [-0.05, 0) is 145 Å². The van der Waals surface area contributed by atoms with E-state index in [0.29, 0.717) is 32.9 Å². The zero-order valence-corrected chi connectivity index (χ0v) is 57.6. The summed E-state index contributed by atoms with van der Waals surface area (Å²) in [5.74, 6) is -8.42. The summed E-state index contributed by atoms with van der Waals surface area (Å²) >= 11 is 1.36. The molecule has 0 spiro atoms. The number of aliphatic hydroxyl groups is 3. The molecule has 31 nitrogen and oxygen atoms in total. The molecule has 6 rings (SSSR count). The Bertz CT molecular complexity index is 3600. The van der Waals surface area contributed by atoms with Crippen molar-refractivity contribution in [3.05, 3.63) is 120 Å². The lowest BCUT2D eigenvalue weighted by molar-refractivity contribution is -0.136. The first-order valence-corrected chi connectivity index (χ1v) is 34.1. The molecule has 3 heterocycles. The van der Waals surface area contributed by atoms with Crippen molar-refractivity contribution in [2.45, 2.75) is 168 Å². The van der Waals surface area contributed by atoms with Crippen LogP contribution in [0, 0.1) is 5.92 Å². The van der Waals surface area contributed by atoms with Crippen LogP contribution in [0.1, 0.15) is 99.9 Å². The minimum Gasteiger partial charge on any atom is -0.391 e. The van der Waals surface area contributed by atoms with Crippen molar-refractivity contribution in [1.29, 1.82) is 0 Å². The van der Waals surface area contributed by atoms with E-state index in [4.69, 9.17) is 28.0 Å². The molecule has 0 radical (unpaired) electrons. The largest absolute Gasteiger partial charge is 0.391 e. The summed E-state index contributed by atoms with van der Waals surface area (Å²) in [7, 11) is 1.55. The number of amides is 10. The van der Waals surface area contributed by atoms with E-state index in [1.807, 2.05) is 42.5 Å². The average molecular weight is 1410 g/mol. The van der Waals surface area contributed by atoms with Gasteiger partial charge < -0.3 is 91.4 Å². The van der Waals surface area contributed by atoms with Gasteiger partial charge in [-0.25, -0.2) is 0 Å². The van der Waals surface area contributed by atoms with E-state index >= 15 is 0 Å². The SMILES string of the molecule is CNC(=O)c1ccccc1Sc1ccc2c(/C=C/c3ccccn3)nn(CCC(=O)NC(C(O)N[C@H](CCN)C(=O)N[C@@H]3CCNC(=O)[C@H]([C@@H](C)O)NC(=O)[C@H](CCN)NC(=O)[C@H](CCN)NC(=O)[C@H](CC(C)C)NC(=O)[C@H](Cc4ccccc4)NC(=O)[C@H](CCN)NC3=O)[C@H](C)O)c2c1. The highest BCUT2D eigenvalue weighted by Gasteiger charge is 2.37. The first kappa shape index (κ1) is 79.7. The smallest absolute Gasteiger partial charge is 0.252 e. The number of aromatic nitrogens is 3. The lowest BCUT2D eigenvalue weighted by Gasteiger charge is -2.31. The lowest BCUT2D eigenvalue weighted by Crippen LogP contribution is -2.62. The van der Waals surface area contributed by atoms with Crippen molar-refractivity contribution in [1.82, 2.24) is 73.2 Å². The number of nitrogens with two attached hydrogens (primary N) is 4. The van der Waals surface area contributed by atoms with Gasteiger partial charge in [0.1, 0.15) is 48.5 Å². The molecule has 22 N–H and O–H groups in total. The Morgan fingerprint density at radius 3 is 1.87 bits per heavy atom.